The molecule has 0 spiro atoms. The van der Waals surface area contributed by atoms with E-state index in [4.69, 9.17) is 23.6 Å². The molecule has 1 aliphatic rings. The number of hydrogen-bond donors (Lipinski definition) is 0. The molecule has 20 heavy (non-hydrogen) atoms. The van der Waals surface area contributed by atoms with Crippen molar-refractivity contribution in [3.05, 3.63) is 32.8 Å². The van der Waals surface area contributed by atoms with Gasteiger partial charge in [0.25, 0.3) is 0 Å². The summed E-state index contributed by atoms with van der Waals surface area (Å²) in [7, 11) is 8.09. The first-order valence-corrected chi connectivity index (χ1v) is 14.1. The summed E-state index contributed by atoms with van der Waals surface area (Å²) in [5, 5.41) is 1.56. The standard InChI is InChI=1S/C15H27NSi.2ClH.Ti/c1-10-11(2)13(4)14(12(10)3)17(8,9)16-15(5,6)7;;;/h1-9H3;2*1H;/q-1;;;+2/p-2. The monoisotopic (exact) mass is 367 g/mol. The molecule has 0 amide bonds. The van der Waals surface area contributed by atoms with Gasteiger partial charge in [0.1, 0.15) is 0 Å². The molecule has 0 bridgehead atoms. The summed E-state index contributed by atoms with van der Waals surface area (Å²) >= 11 is -0.556. The number of hydrogen-bond acceptors (Lipinski definition) is 0. The van der Waals surface area contributed by atoms with Crippen molar-refractivity contribution in [2.75, 3.05) is 0 Å². The molecule has 0 aromatic carbocycles. The van der Waals surface area contributed by atoms with Crippen molar-refractivity contribution >= 4 is 26.8 Å². The fraction of sp³-hybridized carbons (Fsp3) is 0.667. The Morgan fingerprint density at radius 1 is 0.900 bits per heavy atom. The van der Waals surface area contributed by atoms with Crippen LogP contribution in [0.25, 0.3) is 4.98 Å². The molecule has 1 rings (SSSR count). The number of nitrogens with zero attached hydrogens (tertiary/aromatic N) is 1. The molecule has 0 aromatic heterocycles. The predicted octanol–water partition coefficient (Wildman–Crippen LogP) is 6.54. The van der Waals surface area contributed by atoms with Gasteiger partial charge < -0.3 is 4.98 Å². The van der Waals surface area contributed by atoms with Crippen molar-refractivity contribution in [1.29, 1.82) is 0 Å². The van der Waals surface area contributed by atoms with Crippen molar-refractivity contribution in [3.63, 3.8) is 0 Å². The molecule has 1 nitrogen and oxygen atoms in total. The summed E-state index contributed by atoms with van der Waals surface area (Å²) in [6, 6.07) is 0. The van der Waals surface area contributed by atoms with Crippen LogP contribution in [0, 0.1) is 5.92 Å². The van der Waals surface area contributed by atoms with Crippen LogP contribution < -0.4 is 0 Å². The van der Waals surface area contributed by atoms with Gasteiger partial charge in [-0.3, -0.25) is 0 Å². The van der Waals surface area contributed by atoms with Crippen LogP contribution in [0.4, 0.5) is 0 Å². The summed E-state index contributed by atoms with van der Waals surface area (Å²) in [6.07, 6.45) is 0. The van der Waals surface area contributed by atoms with E-state index in [1.165, 1.54) is 22.6 Å². The van der Waals surface area contributed by atoms with E-state index >= 15 is 0 Å². The van der Waals surface area contributed by atoms with Crippen LogP contribution in [0.2, 0.25) is 13.1 Å². The van der Waals surface area contributed by atoms with E-state index in [1.807, 2.05) is 0 Å². The molecule has 0 aliphatic heterocycles. The maximum atomic E-state index is 5.13. The summed E-state index contributed by atoms with van der Waals surface area (Å²) in [4.78, 5) is 5.13. The van der Waals surface area contributed by atoms with E-state index in [1.54, 1.807) is 5.20 Å². The second-order valence-electron chi connectivity index (χ2n) is 6.79. The van der Waals surface area contributed by atoms with Crippen molar-refractivity contribution in [3.8, 4) is 0 Å². The van der Waals surface area contributed by atoms with E-state index in [0.717, 1.165) is 0 Å². The molecule has 115 valence electrons. The zero-order valence-electron chi connectivity index (χ0n) is 14.2. The quantitative estimate of drug-likeness (QED) is 0.492. The third-order valence-electron chi connectivity index (χ3n) is 3.66. The molecule has 0 aromatic rings. The van der Waals surface area contributed by atoms with Crippen molar-refractivity contribution in [2.24, 2.45) is 0 Å². The molecule has 5 heteroatoms. The Balaban J connectivity index is 0.00000110. The Morgan fingerprint density at radius 2 is 1.30 bits per heavy atom. The van der Waals surface area contributed by atoms with Gasteiger partial charge in [0, 0.05) is 5.92 Å². The van der Waals surface area contributed by atoms with Crippen molar-refractivity contribution in [2.45, 2.75) is 67.1 Å². The Morgan fingerprint density at radius 3 is 1.55 bits per heavy atom. The second-order valence-corrected chi connectivity index (χ2v) is 13.2. The Hall–Kier alpha value is 0.951. The summed E-state index contributed by atoms with van der Waals surface area (Å²) in [6.45, 7) is 20.3. The maximum absolute atomic E-state index is 5.13. The molecule has 0 saturated heterocycles. The fourth-order valence-corrected chi connectivity index (χ4v) is 7.03. The predicted molar refractivity (Wildman–Crippen MR) is 92.3 cm³/mol. The average molecular weight is 368 g/mol. The summed E-state index contributed by atoms with van der Waals surface area (Å²) in [5.41, 5.74) is 4.46. The average Bonchev–Trinajstić information content (AvgIpc) is 2.41. The molecule has 0 fully saturated rings. The van der Waals surface area contributed by atoms with Crippen LogP contribution in [0.5, 0.6) is 0 Å². The van der Waals surface area contributed by atoms with Gasteiger partial charge in [-0.15, -0.1) is 5.54 Å². The second kappa shape index (κ2) is 7.99. The molecular weight excluding hydrogens is 341 g/mol. The third kappa shape index (κ3) is 5.62. The molecule has 0 saturated carbocycles. The topological polar surface area (TPSA) is 14.1 Å². The number of allylic oxidation sites excluding steroid dienone is 4. The van der Waals surface area contributed by atoms with Crippen LogP contribution in [0.1, 0.15) is 48.5 Å². The van der Waals surface area contributed by atoms with Gasteiger partial charge in [-0.2, -0.15) is 0 Å². The first-order valence-electron chi connectivity index (χ1n) is 6.83. The number of halogens is 2. The van der Waals surface area contributed by atoms with Crippen LogP contribution in [0.15, 0.2) is 21.9 Å². The zero-order valence-corrected chi connectivity index (χ0v) is 18.3. The molecule has 0 unspecified atom stereocenters. The van der Waals surface area contributed by atoms with Gasteiger partial charge in [0.05, 0.1) is 0 Å². The van der Waals surface area contributed by atoms with Crippen LogP contribution in [-0.2, 0) is 17.0 Å². The molecule has 1 radical (unpaired) electrons. The van der Waals surface area contributed by atoms with E-state index in [0.29, 0.717) is 0 Å². The summed E-state index contributed by atoms with van der Waals surface area (Å²) in [5.74, 6) is 1.48. The fourth-order valence-electron chi connectivity index (χ4n) is 3.03. The molecule has 0 atom stereocenters. The van der Waals surface area contributed by atoms with Gasteiger partial charge >= 0.3 is 35.6 Å². The van der Waals surface area contributed by atoms with E-state index in [2.05, 4.69) is 61.6 Å². The summed E-state index contributed by atoms with van der Waals surface area (Å²) < 4.78 is 0. The van der Waals surface area contributed by atoms with Crippen LogP contribution in [-0.4, -0.2) is 13.8 Å². The van der Waals surface area contributed by atoms with Crippen molar-refractivity contribution in [1.82, 2.24) is 0 Å². The van der Waals surface area contributed by atoms with E-state index in [9.17, 15) is 0 Å². The zero-order chi connectivity index (χ0) is 16.3. The minimum absolute atomic E-state index is 0.0632. The SMILES string of the molecule is C[C]1C(C)=C(C)C(C)=C1[Si](C)(C)[N-]C(C)(C)C.[Cl][Ti][Cl]. The van der Waals surface area contributed by atoms with Gasteiger partial charge in [-0.25, -0.2) is 0 Å². The molecule has 0 N–H and O–H groups in total. The van der Waals surface area contributed by atoms with Gasteiger partial charge in [-0.05, 0) is 34.6 Å². The first-order chi connectivity index (χ1) is 8.89. The van der Waals surface area contributed by atoms with Crippen LogP contribution in [0.3, 0.4) is 0 Å². The number of rotatable bonds is 2. The molecular formula is C15H27Cl2NSiTi-. The third-order valence-corrected chi connectivity index (χ3v) is 6.87. The molecule has 1 aliphatic carbocycles. The van der Waals surface area contributed by atoms with Gasteiger partial charge in [0.15, 0.2) is 0 Å². The first kappa shape index (κ1) is 21.0. The van der Waals surface area contributed by atoms with E-state index < -0.39 is 25.3 Å². The Labute approximate surface area is 143 Å². The Kier molecular flexibility index (Phi) is 8.37. The minimum atomic E-state index is -1.69. The normalized spacial score (nSPS) is 17.4. The van der Waals surface area contributed by atoms with Gasteiger partial charge in [-0.1, -0.05) is 57.1 Å². The van der Waals surface area contributed by atoms with E-state index in [-0.39, 0.29) is 5.54 Å². The van der Waals surface area contributed by atoms with Gasteiger partial charge in [0.2, 0.25) is 0 Å². The molecule has 0 heterocycles. The Bertz CT molecular complexity index is 409. The van der Waals surface area contributed by atoms with Crippen molar-refractivity contribution < 1.29 is 17.0 Å². The van der Waals surface area contributed by atoms with Crippen LogP contribution >= 0.6 is 18.6 Å².